The van der Waals surface area contributed by atoms with Crippen LogP contribution in [0.5, 0.6) is 0 Å². The molecule has 1 fully saturated rings. The lowest BCUT2D eigenvalue weighted by molar-refractivity contribution is 0.141. The highest BCUT2D eigenvalue weighted by molar-refractivity contribution is 4.97. The van der Waals surface area contributed by atoms with Gasteiger partial charge in [-0.05, 0) is 12.8 Å². The third-order valence-electron chi connectivity index (χ3n) is 3.44. The van der Waals surface area contributed by atoms with E-state index in [1.807, 2.05) is 0 Å². The molecule has 1 aromatic rings. The molecule has 1 aliphatic carbocycles. The van der Waals surface area contributed by atoms with Crippen molar-refractivity contribution in [2.24, 2.45) is 5.73 Å². The number of nitrogens with zero attached hydrogens (tertiary/aromatic N) is 2. The summed E-state index contributed by atoms with van der Waals surface area (Å²) < 4.78 is 5.05. The van der Waals surface area contributed by atoms with Crippen LogP contribution >= 0.6 is 0 Å². The lowest BCUT2D eigenvalue weighted by atomic mass is 9.91. The number of aliphatic hydroxyl groups excluding tert-OH is 1. The average molecular weight is 239 g/mol. The predicted molar refractivity (Wildman–Crippen MR) is 63.4 cm³/mol. The Kier molecular flexibility index (Phi) is 4.50. The van der Waals surface area contributed by atoms with Gasteiger partial charge in [-0.25, -0.2) is 0 Å². The van der Waals surface area contributed by atoms with Gasteiger partial charge in [-0.15, -0.1) is 0 Å². The van der Waals surface area contributed by atoms with Crippen molar-refractivity contribution < 1.29 is 9.63 Å². The van der Waals surface area contributed by atoms with Gasteiger partial charge in [-0.2, -0.15) is 4.98 Å². The van der Waals surface area contributed by atoms with Crippen molar-refractivity contribution in [1.29, 1.82) is 0 Å². The molecule has 5 heteroatoms. The Bertz CT molecular complexity index is 332. The highest BCUT2D eigenvalue weighted by Crippen LogP contribution is 2.29. The van der Waals surface area contributed by atoms with Gasteiger partial charge in [0.25, 0.3) is 5.89 Å². The van der Waals surface area contributed by atoms with E-state index in [9.17, 15) is 5.11 Å². The van der Waals surface area contributed by atoms with Gasteiger partial charge in [0.15, 0.2) is 5.82 Å². The quantitative estimate of drug-likeness (QED) is 0.841. The summed E-state index contributed by atoms with van der Waals surface area (Å²) in [6.07, 6.45) is 7.82. The van der Waals surface area contributed by atoms with Gasteiger partial charge >= 0.3 is 0 Å². The molecule has 0 spiro atoms. The van der Waals surface area contributed by atoms with E-state index < -0.39 is 6.10 Å². The Morgan fingerprint density at radius 1 is 1.24 bits per heavy atom. The van der Waals surface area contributed by atoms with Crippen LogP contribution in [-0.2, 0) is 0 Å². The Balaban J connectivity index is 2.01. The predicted octanol–water partition coefficient (Wildman–Crippen LogP) is 1.89. The van der Waals surface area contributed by atoms with Crippen molar-refractivity contribution in [1.82, 2.24) is 10.1 Å². The number of rotatable bonds is 3. The number of hydrogen-bond donors (Lipinski definition) is 2. The Labute approximate surface area is 101 Å². The third kappa shape index (κ3) is 3.26. The normalized spacial score (nSPS) is 20.8. The summed E-state index contributed by atoms with van der Waals surface area (Å²) in [5.74, 6) is 1.39. The monoisotopic (exact) mass is 239 g/mol. The summed E-state index contributed by atoms with van der Waals surface area (Å²) in [4.78, 5) is 4.27. The van der Waals surface area contributed by atoms with Gasteiger partial charge in [0, 0.05) is 12.5 Å². The SMILES string of the molecule is NC[C@H](O)c1nc(C2CCCCCCC2)no1. The van der Waals surface area contributed by atoms with Crippen LogP contribution < -0.4 is 5.73 Å². The van der Waals surface area contributed by atoms with Gasteiger partial charge in [0.2, 0.25) is 0 Å². The minimum Gasteiger partial charge on any atom is -0.382 e. The summed E-state index contributed by atoms with van der Waals surface area (Å²) in [6, 6.07) is 0. The molecule has 1 heterocycles. The molecular weight excluding hydrogens is 218 g/mol. The molecule has 0 radical (unpaired) electrons. The number of nitrogens with two attached hydrogens (primary N) is 1. The second kappa shape index (κ2) is 6.12. The van der Waals surface area contributed by atoms with E-state index >= 15 is 0 Å². The fourth-order valence-electron chi connectivity index (χ4n) is 2.36. The highest BCUT2D eigenvalue weighted by Gasteiger charge is 2.21. The van der Waals surface area contributed by atoms with E-state index in [4.69, 9.17) is 10.3 Å². The second-order valence-electron chi connectivity index (χ2n) is 4.78. The zero-order chi connectivity index (χ0) is 12.1. The van der Waals surface area contributed by atoms with Crippen molar-refractivity contribution in [3.05, 3.63) is 11.7 Å². The van der Waals surface area contributed by atoms with Gasteiger partial charge in [-0.3, -0.25) is 0 Å². The van der Waals surface area contributed by atoms with E-state index in [-0.39, 0.29) is 12.4 Å². The molecule has 5 nitrogen and oxygen atoms in total. The van der Waals surface area contributed by atoms with Crippen LogP contribution in [-0.4, -0.2) is 21.8 Å². The first-order chi connectivity index (χ1) is 8.31. The van der Waals surface area contributed by atoms with Crippen LogP contribution in [0.2, 0.25) is 0 Å². The summed E-state index contributed by atoms with van der Waals surface area (Å²) in [5, 5.41) is 13.5. The van der Waals surface area contributed by atoms with Gasteiger partial charge in [0.05, 0.1) is 0 Å². The summed E-state index contributed by atoms with van der Waals surface area (Å²) in [5.41, 5.74) is 5.36. The first kappa shape index (κ1) is 12.5. The van der Waals surface area contributed by atoms with Crippen LogP contribution in [0.25, 0.3) is 0 Å². The first-order valence-electron chi connectivity index (χ1n) is 6.53. The highest BCUT2D eigenvalue weighted by atomic mass is 16.5. The molecule has 17 heavy (non-hydrogen) atoms. The van der Waals surface area contributed by atoms with Crippen molar-refractivity contribution in [3.8, 4) is 0 Å². The minimum absolute atomic E-state index is 0.117. The molecule has 1 aliphatic rings. The first-order valence-corrected chi connectivity index (χ1v) is 6.53. The number of hydrogen-bond acceptors (Lipinski definition) is 5. The van der Waals surface area contributed by atoms with Crippen molar-refractivity contribution in [2.75, 3.05) is 6.54 Å². The largest absolute Gasteiger partial charge is 0.382 e. The molecule has 0 aromatic carbocycles. The molecule has 0 saturated heterocycles. The minimum atomic E-state index is -0.829. The fourth-order valence-corrected chi connectivity index (χ4v) is 2.36. The molecule has 1 saturated carbocycles. The average Bonchev–Trinajstić information content (AvgIpc) is 2.77. The molecule has 3 N–H and O–H groups in total. The lowest BCUT2D eigenvalue weighted by Gasteiger charge is -2.15. The van der Waals surface area contributed by atoms with Crippen LogP contribution in [0.4, 0.5) is 0 Å². The van der Waals surface area contributed by atoms with Crippen LogP contribution in [0.1, 0.15) is 68.7 Å². The van der Waals surface area contributed by atoms with Gasteiger partial charge in [-0.1, -0.05) is 37.3 Å². The third-order valence-corrected chi connectivity index (χ3v) is 3.44. The maximum atomic E-state index is 9.52. The van der Waals surface area contributed by atoms with E-state index in [1.54, 1.807) is 0 Å². The second-order valence-corrected chi connectivity index (χ2v) is 4.78. The van der Waals surface area contributed by atoms with E-state index in [0.717, 1.165) is 18.7 Å². The van der Waals surface area contributed by atoms with Crippen LogP contribution in [0.15, 0.2) is 4.52 Å². The van der Waals surface area contributed by atoms with E-state index in [0.29, 0.717) is 5.92 Å². The van der Waals surface area contributed by atoms with E-state index in [2.05, 4.69) is 10.1 Å². The van der Waals surface area contributed by atoms with Crippen molar-refractivity contribution >= 4 is 0 Å². The van der Waals surface area contributed by atoms with Crippen LogP contribution in [0.3, 0.4) is 0 Å². The van der Waals surface area contributed by atoms with Gasteiger partial charge in [0.1, 0.15) is 6.10 Å². The molecular formula is C12H21N3O2. The molecule has 0 amide bonds. The summed E-state index contributed by atoms with van der Waals surface area (Å²) in [7, 11) is 0. The maximum absolute atomic E-state index is 9.52. The standard InChI is InChI=1S/C12H21N3O2/c13-8-10(16)12-14-11(15-17-12)9-6-4-2-1-3-5-7-9/h9-10,16H,1-8,13H2/t10-/m0/s1. The lowest BCUT2D eigenvalue weighted by Crippen LogP contribution is -2.12. The van der Waals surface area contributed by atoms with Crippen molar-refractivity contribution in [3.63, 3.8) is 0 Å². The zero-order valence-corrected chi connectivity index (χ0v) is 10.1. The fraction of sp³-hybridized carbons (Fsp3) is 0.833. The smallest absolute Gasteiger partial charge is 0.256 e. The Morgan fingerprint density at radius 2 is 1.88 bits per heavy atom. The topological polar surface area (TPSA) is 85.2 Å². The van der Waals surface area contributed by atoms with E-state index in [1.165, 1.54) is 32.1 Å². The van der Waals surface area contributed by atoms with Crippen LogP contribution in [0, 0.1) is 0 Å². The molecule has 96 valence electrons. The molecule has 2 rings (SSSR count). The molecule has 0 bridgehead atoms. The zero-order valence-electron chi connectivity index (χ0n) is 10.1. The summed E-state index contributed by atoms with van der Waals surface area (Å²) in [6.45, 7) is 0.117. The number of aliphatic hydroxyl groups is 1. The van der Waals surface area contributed by atoms with Gasteiger partial charge < -0.3 is 15.4 Å². The summed E-state index contributed by atoms with van der Waals surface area (Å²) >= 11 is 0. The Hall–Kier alpha value is -0.940. The number of aromatic nitrogens is 2. The maximum Gasteiger partial charge on any atom is 0.256 e. The molecule has 0 unspecified atom stereocenters. The van der Waals surface area contributed by atoms with Crippen molar-refractivity contribution in [2.45, 2.75) is 57.0 Å². The molecule has 1 aromatic heterocycles. The molecule has 1 atom stereocenters. The Morgan fingerprint density at radius 3 is 2.53 bits per heavy atom. The molecule has 0 aliphatic heterocycles.